The summed E-state index contributed by atoms with van der Waals surface area (Å²) < 4.78 is 43.3. The summed E-state index contributed by atoms with van der Waals surface area (Å²) in [5.41, 5.74) is 1.04. The predicted molar refractivity (Wildman–Crippen MR) is 91.1 cm³/mol. The number of aliphatic imine (C=N–C) groups is 1. The van der Waals surface area contributed by atoms with Crippen LogP contribution in [0.3, 0.4) is 0 Å². The highest BCUT2D eigenvalue weighted by Crippen LogP contribution is 2.23. The molecule has 4 nitrogen and oxygen atoms in total. The molecule has 0 bridgehead atoms. The van der Waals surface area contributed by atoms with Crippen LogP contribution in [0.1, 0.15) is 18.1 Å². The lowest BCUT2D eigenvalue weighted by atomic mass is 10.2. The lowest BCUT2D eigenvalue weighted by Gasteiger charge is -2.15. The number of alkyl halides is 2. The molecule has 0 aromatic heterocycles. The van der Waals surface area contributed by atoms with Crippen molar-refractivity contribution in [1.29, 1.82) is 0 Å². The lowest BCUT2D eigenvalue weighted by molar-refractivity contribution is -0.0506. The summed E-state index contributed by atoms with van der Waals surface area (Å²) in [5.74, 6) is -0.358. The van der Waals surface area contributed by atoms with E-state index >= 15 is 0 Å². The van der Waals surface area contributed by atoms with Gasteiger partial charge in [-0.2, -0.15) is 8.78 Å². The minimum absolute atomic E-state index is 0.0214. The van der Waals surface area contributed by atoms with Gasteiger partial charge in [-0.3, -0.25) is 0 Å². The summed E-state index contributed by atoms with van der Waals surface area (Å²) in [6, 6.07) is 13.5. The van der Waals surface area contributed by atoms with Gasteiger partial charge < -0.3 is 15.4 Å². The van der Waals surface area contributed by atoms with E-state index in [9.17, 15) is 13.2 Å². The summed E-state index contributed by atoms with van der Waals surface area (Å²) in [6.45, 7) is -0.101. The second-order valence-corrected chi connectivity index (χ2v) is 5.13. The molecule has 2 aromatic carbocycles. The zero-order chi connectivity index (χ0) is 18.1. The fourth-order valence-corrected chi connectivity index (χ4v) is 2.18. The number of rotatable bonds is 7. The van der Waals surface area contributed by atoms with E-state index < -0.39 is 12.4 Å². The average molecular weight is 351 g/mol. The van der Waals surface area contributed by atoms with Gasteiger partial charge in [-0.1, -0.05) is 36.4 Å². The van der Waals surface area contributed by atoms with Crippen molar-refractivity contribution >= 4 is 5.96 Å². The Morgan fingerprint density at radius 1 is 1.08 bits per heavy atom. The van der Waals surface area contributed by atoms with Gasteiger partial charge in [0.25, 0.3) is 0 Å². The van der Waals surface area contributed by atoms with E-state index in [-0.39, 0.29) is 17.9 Å². The highest BCUT2D eigenvalue weighted by atomic mass is 19.3. The van der Waals surface area contributed by atoms with E-state index in [2.05, 4.69) is 20.4 Å². The van der Waals surface area contributed by atoms with Crippen molar-refractivity contribution in [3.05, 3.63) is 65.5 Å². The van der Waals surface area contributed by atoms with Gasteiger partial charge in [0.15, 0.2) is 5.96 Å². The summed E-state index contributed by atoms with van der Waals surface area (Å²) in [7, 11) is 0. The number of nitrogens with zero attached hydrogens (tertiary/aromatic N) is 1. The van der Waals surface area contributed by atoms with Crippen molar-refractivity contribution in [2.24, 2.45) is 4.99 Å². The normalized spacial score (nSPS) is 11.5. The highest BCUT2D eigenvalue weighted by Gasteiger charge is 2.14. The Labute approximate surface area is 144 Å². The van der Waals surface area contributed by atoms with E-state index in [1.54, 1.807) is 0 Å². The number of hydrogen-bond donors (Lipinski definition) is 2. The first-order valence-electron chi connectivity index (χ1n) is 7.88. The van der Waals surface area contributed by atoms with Crippen molar-refractivity contribution in [2.45, 2.75) is 26.6 Å². The summed E-state index contributed by atoms with van der Waals surface area (Å²) in [5, 5.41) is 5.97. The zero-order valence-electron chi connectivity index (χ0n) is 13.8. The molecule has 0 aliphatic carbocycles. The van der Waals surface area contributed by atoms with Gasteiger partial charge in [0.2, 0.25) is 0 Å². The number of benzene rings is 2. The van der Waals surface area contributed by atoms with Gasteiger partial charge in [0.1, 0.15) is 11.6 Å². The molecule has 2 N–H and O–H groups in total. The molecular weight excluding hydrogens is 331 g/mol. The zero-order valence-corrected chi connectivity index (χ0v) is 13.8. The van der Waals surface area contributed by atoms with E-state index in [4.69, 9.17) is 0 Å². The van der Waals surface area contributed by atoms with Crippen LogP contribution < -0.4 is 15.4 Å². The van der Waals surface area contributed by atoms with Crippen molar-refractivity contribution in [3.63, 3.8) is 0 Å². The Kier molecular flexibility index (Phi) is 7.13. The topological polar surface area (TPSA) is 45.7 Å². The van der Waals surface area contributed by atoms with E-state index in [0.29, 0.717) is 19.0 Å². The largest absolute Gasteiger partial charge is 0.434 e. The first kappa shape index (κ1) is 18.6. The van der Waals surface area contributed by atoms with Crippen molar-refractivity contribution in [3.8, 4) is 5.75 Å². The lowest BCUT2D eigenvalue weighted by Crippen LogP contribution is -2.37. The van der Waals surface area contributed by atoms with Crippen LogP contribution in [0.2, 0.25) is 0 Å². The van der Waals surface area contributed by atoms with Crippen LogP contribution in [0.5, 0.6) is 5.75 Å². The molecule has 0 saturated carbocycles. The third-order valence-electron chi connectivity index (χ3n) is 3.33. The molecule has 7 heteroatoms. The van der Waals surface area contributed by atoms with Gasteiger partial charge >= 0.3 is 6.61 Å². The van der Waals surface area contributed by atoms with Gasteiger partial charge in [-0.15, -0.1) is 0 Å². The molecule has 25 heavy (non-hydrogen) atoms. The van der Waals surface area contributed by atoms with Crippen LogP contribution >= 0.6 is 0 Å². The molecular formula is C18H20F3N3O. The number of hydrogen-bond acceptors (Lipinski definition) is 2. The first-order chi connectivity index (χ1) is 12.1. The van der Waals surface area contributed by atoms with Gasteiger partial charge in [0.05, 0.1) is 6.54 Å². The maximum Gasteiger partial charge on any atom is 0.387 e. The molecule has 0 spiro atoms. The maximum atomic E-state index is 14.0. The minimum Gasteiger partial charge on any atom is -0.434 e. The SMILES string of the molecule is CCNC(=NCc1ccccc1)NCc1c(F)cccc1OC(F)F. The molecule has 2 rings (SSSR count). The molecule has 2 aromatic rings. The number of ether oxygens (including phenoxy) is 1. The van der Waals surface area contributed by atoms with Crippen molar-refractivity contribution < 1.29 is 17.9 Å². The molecule has 0 atom stereocenters. The molecule has 0 unspecified atom stereocenters. The van der Waals surface area contributed by atoms with Crippen LogP contribution in [-0.2, 0) is 13.1 Å². The maximum absolute atomic E-state index is 14.0. The summed E-state index contributed by atoms with van der Waals surface area (Å²) >= 11 is 0. The monoisotopic (exact) mass is 351 g/mol. The molecule has 0 amide bonds. The third kappa shape index (κ3) is 6.02. The molecule has 0 saturated heterocycles. The standard InChI is InChI=1S/C18H20F3N3O/c1-2-22-18(23-11-13-7-4-3-5-8-13)24-12-14-15(19)9-6-10-16(14)25-17(20)21/h3-10,17H,2,11-12H2,1H3,(H2,22,23,24). The smallest absolute Gasteiger partial charge is 0.387 e. The second-order valence-electron chi connectivity index (χ2n) is 5.13. The molecule has 0 aliphatic heterocycles. The van der Waals surface area contributed by atoms with Crippen LogP contribution in [-0.4, -0.2) is 19.1 Å². The van der Waals surface area contributed by atoms with Crippen LogP contribution in [0, 0.1) is 5.82 Å². The number of guanidine groups is 1. The number of halogens is 3. The van der Waals surface area contributed by atoms with Crippen molar-refractivity contribution in [1.82, 2.24) is 10.6 Å². The Balaban J connectivity index is 2.08. The highest BCUT2D eigenvalue weighted by molar-refractivity contribution is 5.79. The van der Waals surface area contributed by atoms with Gasteiger partial charge in [-0.25, -0.2) is 9.38 Å². The number of nitrogens with one attached hydrogen (secondary N) is 2. The predicted octanol–water partition coefficient (Wildman–Crippen LogP) is 3.68. The van der Waals surface area contributed by atoms with Crippen LogP contribution in [0.15, 0.2) is 53.5 Å². The quantitative estimate of drug-likeness (QED) is 0.591. The third-order valence-corrected chi connectivity index (χ3v) is 3.33. The van der Waals surface area contributed by atoms with E-state index in [0.717, 1.165) is 5.56 Å². The molecule has 0 fully saturated rings. The Bertz CT molecular complexity index is 693. The molecule has 0 radical (unpaired) electrons. The van der Waals surface area contributed by atoms with Gasteiger partial charge in [-0.05, 0) is 24.6 Å². The molecule has 134 valence electrons. The van der Waals surface area contributed by atoms with E-state index in [1.807, 2.05) is 37.3 Å². The Morgan fingerprint density at radius 3 is 2.52 bits per heavy atom. The fraction of sp³-hybridized carbons (Fsp3) is 0.278. The van der Waals surface area contributed by atoms with Crippen molar-refractivity contribution in [2.75, 3.05) is 6.54 Å². The second kappa shape index (κ2) is 9.56. The Hall–Kier alpha value is -2.70. The first-order valence-corrected chi connectivity index (χ1v) is 7.88. The Morgan fingerprint density at radius 2 is 1.84 bits per heavy atom. The fourth-order valence-electron chi connectivity index (χ4n) is 2.18. The molecule has 0 heterocycles. The van der Waals surface area contributed by atoms with E-state index in [1.165, 1.54) is 18.2 Å². The van der Waals surface area contributed by atoms with Crippen LogP contribution in [0.4, 0.5) is 13.2 Å². The van der Waals surface area contributed by atoms with Gasteiger partial charge in [0, 0.05) is 18.7 Å². The summed E-state index contributed by atoms with van der Waals surface area (Å²) in [6.07, 6.45) is 0. The minimum atomic E-state index is -3.01. The van der Waals surface area contributed by atoms with Crippen LogP contribution in [0.25, 0.3) is 0 Å². The molecule has 0 aliphatic rings. The summed E-state index contributed by atoms with van der Waals surface area (Å²) in [4.78, 5) is 4.40. The average Bonchev–Trinajstić information content (AvgIpc) is 2.59.